The average molecular weight is 235 g/mol. The van der Waals surface area contributed by atoms with Gasteiger partial charge in [0.05, 0.1) is 0 Å². The summed E-state index contributed by atoms with van der Waals surface area (Å²) in [4.78, 5) is 5.08. The lowest BCUT2D eigenvalue weighted by Gasteiger charge is -2.33. The Labute approximate surface area is 84.0 Å². The van der Waals surface area contributed by atoms with Crippen LogP contribution in [0.3, 0.4) is 0 Å². The number of likely N-dealkylation sites (N-methyl/N-ethyl adjacent to an activating group) is 1. The lowest BCUT2D eigenvalue weighted by Crippen LogP contribution is -2.46. The normalized spacial score (nSPS) is 21.5. The number of rotatable bonds is 4. The van der Waals surface area contributed by atoms with Crippen LogP contribution in [-0.2, 0) is 0 Å². The average Bonchev–Trinajstić information content (AvgIpc) is 2.15. The Kier molecular flexibility index (Phi) is 5.19. The summed E-state index contributed by atoms with van der Waals surface area (Å²) in [7, 11) is 0. The Hall–Kier alpha value is 0.400. The van der Waals surface area contributed by atoms with Crippen molar-refractivity contribution in [3.63, 3.8) is 0 Å². The van der Waals surface area contributed by atoms with Gasteiger partial charge in [0.2, 0.25) is 0 Å². The van der Waals surface area contributed by atoms with Gasteiger partial charge in [-0.1, -0.05) is 22.9 Å². The third kappa shape index (κ3) is 3.42. The van der Waals surface area contributed by atoms with Crippen molar-refractivity contribution in [3.05, 3.63) is 0 Å². The van der Waals surface area contributed by atoms with E-state index in [2.05, 4.69) is 32.7 Å². The van der Waals surface area contributed by atoms with Crippen LogP contribution in [0.5, 0.6) is 0 Å². The molecule has 12 heavy (non-hydrogen) atoms. The van der Waals surface area contributed by atoms with Gasteiger partial charge in [0.25, 0.3) is 0 Å². The number of alkyl halides is 1. The van der Waals surface area contributed by atoms with E-state index >= 15 is 0 Å². The van der Waals surface area contributed by atoms with Crippen LogP contribution in [0.1, 0.15) is 13.3 Å². The molecule has 0 N–H and O–H groups in total. The summed E-state index contributed by atoms with van der Waals surface area (Å²) in [5.41, 5.74) is 0. The quantitative estimate of drug-likeness (QED) is 0.680. The van der Waals surface area contributed by atoms with E-state index in [1.54, 1.807) is 0 Å². The van der Waals surface area contributed by atoms with Crippen molar-refractivity contribution in [2.45, 2.75) is 13.3 Å². The molecule has 0 aromatic carbocycles. The molecule has 3 heteroatoms. The van der Waals surface area contributed by atoms with Crippen LogP contribution in [0, 0.1) is 0 Å². The number of hydrogen-bond donors (Lipinski definition) is 0. The molecule has 0 aromatic rings. The van der Waals surface area contributed by atoms with Crippen molar-refractivity contribution >= 4 is 15.9 Å². The Morgan fingerprint density at radius 1 is 1.08 bits per heavy atom. The lowest BCUT2D eigenvalue weighted by atomic mass is 10.3. The van der Waals surface area contributed by atoms with E-state index in [4.69, 9.17) is 0 Å². The second-order valence-electron chi connectivity index (χ2n) is 3.32. The van der Waals surface area contributed by atoms with Crippen molar-refractivity contribution in [1.29, 1.82) is 0 Å². The molecule has 72 valence electrons. The molecule has 0 radical (unpaired) electrons. The largest absolute Gasteiger partial charge is 0.301 e. The molecule has 0 unspecified atom stereocenters. The molecule has 0 atom stereocenters. The van der Waals surface area contributed by atoms with Gasteiger partial charge in [0.15, 0.2) is 0 Å². The molecular formula is C9H19BrN2. The number of hydrogen-bond acceptors (Lipinski definition) is 2. The molecule has 1 saturated heterocycles. The molecule has 2 nitrogen and oxygen atoms in total. The summed E-state index contributed by atoms with van der Waals surface area (Å²) in [6.07, 6.45) is 1.28. The molecular weight excluding hydrogens is 216 g/mol. The highest BCUT2D eigenvalue weighted by molar-refractivity contribution is 9.09. The second kappa shape index (κ2) is 5.95. The lowest BCUT2D eigenvalue weighted by molar-refractivity contribution is 0.138. The summed E-state index contributed by atoms with van der Waals surface area (Å²) in [5, 5.41) is 1.14. The van der Waals surface area contributed by atoms with Crippen molar-refractivity contribution < 1.29 is 0 Å². The zero-order valence-corrected chi connectivity index (χ0v) is 9.52. The van der Waals surface area contributed by atoms with Gasteiger partial charge in [-0.3, -0.25) is 0 Å². The number of nitrogens with zero attached hydrogens (tertiary/aromatic N) is 2. The van der Waals surface area contributed by atoms with Gasteiger partial charge >= 0.3 is 0 Å². The molecule has 0 amide bonds. The third-order valence-electron chi connectivity index (χ3n) is 2.52. The van der Waals surface area contributed by atoms with E-state index in [1.807, 2.05) is 0 Å². The predicted octanol–water partition coefficient (Wildman–Crippen LogP) is 1.41. The standard InChI is InChI=1S/C9H19BrN2/c1-2-11-6-8-12(9-7-11)5-3-4-10/h2-9H2,1H3. The molecule has 1 rings (SSSR count). The van der Waals surface area contributed by atoms with E-state index < -0.39 is 0 Å². The van der Waals surface area contributed by atoms with Crippen LogP contribution in [0.25, 0.3) is 0 Å². The van der Waals surface area contributed by atoms with E-state index in [1.165, 1.54) is 45.7 Å². The molecule has 0 aliphatic carbocycles. The van der Waals surface area contributed by atoms with Gasteiger partial charge in [-0.2, -0.15) is 0 Å². The summed E-state index contributed by atoms with van der Waals surface area (Å²) in [5.74, 6) is 0. The summed E-state index contributed by atoms with van der Waals surface area (Å²) < 4.78 is 0. The number of piperazine rings is 1. The minimum absolute atomic E-state index is 1.14. The second-order valence-corrected chi connectivity index (χ2v) is 4.11. The summed E-state index contributed by atoms with van der Waals surface area (Å²) >= 11 is 3.46. The van der Waals surface area contributed by atoms with Crippen LogP contribution < -0.4 is 0 Å². The van der Waals surface area contributed by atoms with Gasteiger partial charge in [0, 0.05) is 31.5 Å². The highest BCUT2D eigenvalue weighted by Crippen LogP contribution is 2.02. The molecule has 1 fully saturated rings. The SMILES string of the molecule is CCN1CCN(CCCBr)CC1. The Bertz CT molecular complexity index is 111. The minimum Gasteiger partial charge on any atom is -0.301 e. The van der Waals surface area contributed by atoms with Gasteiger partial charge in [-0.05, 0) is 19.5 Å². The Balaban J connectivity index is 2.09. The number of halogens is 1. The first-order valence-corrected chi connectivity index (χ1v) is 5.99. The monoisotopic (exact) mass is 234 g/mol. The van der Waals surface area contributed by atoms with Crippen molar-refractivity contribution in [3.8, 4) is 0 Å². The molecule has 0 saturated carbocycles. The first kappa shape index (κ1) is 10.5. The van der Waals surface area contributed by atoms with E-state index in [0.29, 0.717) is 0 Å². The first-order chi connectivity index (χ1) is 5.86. The van der Waals surface area contributed by atoms with Gasteiger partial charge < -0.3 is 9.80 Å². The Morgan fingerprint density at radius 2 is 1.67 bits per heavy atom. The topological polar surface area (TPSA) is 6.48 Å². The minimum atomic E-state index is 1.14. The molecule has 1 aliphatic rings. The highest BCUT2D eigenvalue weighted by atomic mass is 79.9. The van der Waals surface area contributed by atoms with Gasteiger partial charge in [-0.15, -0.1) is 0 Å². The fourth-order valence-corrected chi connectivity index (χ4v) is 1.86. The molecule has 0 aromatic heterocycles. The van der Waals surface area contributed by atoms with Crippen LogP contribution in [0.2, 0.25) is 0 Å². The summed E-state index contributed by atoms with van der Waals surface area (Å²) in [6.45, 7) is 9.78. The zero-order chi connectivity index (χ0) is 8.81. The molecule has 1 aliphatic heterocycles. The van der Waals surface area contributed by atoms with Crippen molar-refractivity contribution in [2.75, 3.05) is 44.6 Å². The van der Waals surface area contributed by atoms with Crippen molar-refractivity contribution in [1.82, 2.24) is 9.80 Å². The third-order valence-corrected chi connectivity index (χ3v) is 3.08. The van der Waals surface area contributed by atoms with E-state index in [9.17, 15) is 0 Å². The smallest absolute Gasteiger partial charge is 0.0110 e. The molecule has 0 spiro atoms. The maximum Gasteiger partial charge on any atom is 0.0110 e. The predicted molar refractivity (Wildman–Crippen MR) is 57.0 cm³/mol. The fraction of sp³-hybridized carbons (Fsp3) is 1.00. The summed E-state index contributed by atoms with van der Waals surface area (Å²) in [6, 6.07) is 0. The zero-order valence-electron chi connectivity index (χ0n) is 7.93. The maximum atomic E-state index is 3.46. The van der Waals surface area contributed by atoms with Gasteiger partial charge in [0.1, 0.15) is 0 Å². The van der Waals surface area contributed by atoms with Crippen molar-refractivity contribution in [2.24, 2.45) is 0 Å². The van der Waals surface area contributed by atoms with Crippen LogP contribution in [0.15, 0.2) is 0 Å². The Morgan fingerprint density at radius 3 is 2.17 bits per heavy atom. The van der Waals surface area contributed by atoms with Crippen LogP contribution in [0.4, 0.5) is 0 Å². The molecule has 1 heterocycles. The van der Waals surface area contributed by atoms with Gasteiger partial charge in [-0.25, -0.2) is 0 Å². The first-order valence-electron chi connectivity index (χ1n) is 4.87. The van der Waals surface area contributed by atoms with Crippen LogP contribution >= 0.6 is 15.9 Å². The van der Waals surface area contributed by atoms with Crippen LogP contribution in [-0.4, -0.2) is 54.4 Å². The highest BCUT2D eigenvalue weighted by Gasteiger charge is 2.13. The maximum absolute atomic E-state index is 3.46. The fourth-order valence-electron chi connectivity index (χ4n) is 1.61. The van der Waals surface area contributed by atoms with E-state index in [-0.39, 0.29) is 0 Å². The molecule has 0 bridgehead atoms. The van der Waals surface area contributed by atoms with E-state index in [0.717, 1.165) is 5.33 Å².